The van der Waals surface area contributed by atoms with Crippen molar-refractivity contribution in [3.63, 3.8) is 0 Å². The summed E-state index contributed by atoms with van der Waals surface area (Å²) in [6.07, 6.45) is 84.7. The van der Waals surface area contributed by atoms with Gasteiger partial charge in [-0.1, -0.05) is 393 Å². The van der Waals surface area contributed by atoms with E-state index >= 15 is 0 Å². The highest BCUT2D eigenvalue weighted by atomic mass is 16.5. The first kappa shape index (κ1) is 77.9. The number of carbonyl (C=O) groups is 2. The van der Waals surface area contributed by atoms with Crippen molar-refractivity contribution in [2.45, 2.75) is 443 Å². The quantitative estimate of drug-likeness (QED) is 0.0417. The molecule has 0 aromatic rings. The molecule has 6 heteroatoms. The van der Waals surface area contributed by atoms with Gasteiger partial charge in [-0.15, -0.1) is 0 Å². The summed E-state index contributed by atoms with van der Waals surface area (Å²) >= 11 is 0. The molecule has 0 fully saturated rings. The van der Waals surface area contributed by atoms with Crippen LogP contribution in [0.4, 0.5) is 0 Å². The minimum atomic E-state index is -0.658. The first-order chi connectivity index (χ1) is 39.0. The van der Waals surface area contributed by atoms with Crippen LogP contribution in [0.1, 0.15) is 431 Å². The van der Waals surface area contributed by atoms with Gasteiger partial charge in [0.1, 0.15) is 0 Å². The van der Waals surface area contributed by atoms with Crippen molar-refractivity contribution in [2.24, 2.45) is 0 Å². The van der Waals surface area contributed by atoms with Gasteiger partial charge in [-0.2, -0.15) is 0 Å². The topological polar surface area (TPSA) is 95.9 Å². The molecular weight excluding hydrogens is 971 g/mol. The van der Waals surface area contributed by atoms with Gasteiger partial charge in [0.25, 0.3) is 0 Å². The summed E-state index contributed by atoms with van der Waals surface area (Å²) in [4.78, 5) is 24.6. The average Bonchev–Trinajstić information content (AvgIpc) is 3.45. The highest BCUT2D eigenvalue weighted by molar-refractivity contribution is 5.76. The Morgan fingerprint density at radius 2 is 0.519 bits per heavy atom. The van der Waals surface area contributed by atoms with Gasteiger partial charge in [0.15, 0.2) is 0 Å². The third-order valence-electron chi connectivity index (χ3n) is 17.7. The van der Waals surface area contributed by atoms with Crippen LogP contribution < -0.4 is 5.32 Å². The summed E-state index contributed by atoms with van der Waals surface area (Å²) in [7, 11) is 0. The lowest BCUT2D eigenvalue weighted by atomic mass is 10.0. The molecule has 0 aliphatic heterocycles. The normalized spacial score (nSPS) is 12.4. The Labute approximate surface area is 496 Å². The second kappa shape index (κ2) is 69.4. The van der Waals surface area contributed by atoms with Crippen LogP contribution in [0, 0.1) is 0 Å². The van der Waals surface area contributed by atoms with E-state index in [9.17, 15) is 19.8 Å². The predicted molar refractivity (Wildman–Crippen MR) is 347 cm³/mol. The standard InChI is InChI=1S/C73H145NO5/c1-3-5-7-9-11-13-15-16-17-18-37-40-43-47-51-55-59-63-67-73(78)79-68-64-60-56-52-48-44-41-38-35-33-31-29-27-25-23-21-19-20-22-24-26-28-30-32-34-36-39-42-46-50-54-58-62-66-72(77)74-70(69-75)71(76)65-61-57-53-49-45-14-12-10-8-6-4-2/h70-71,75-76H,3-69H2,1-2H3,(H,74,77). The van der Waals surface area contributed by atoms with Gasteiger partial charge in [0.2, 0.25) is 5.91 Å². The van der Waals surface area contributed by atoms with Crippen LogP contribution in [0.15, 0.2) is 0 Å². The largest absolute Gasteiger partial charge is 0.466 e. The van der Waals surface area contributed by atoms with E-state index in [0.29, 0.717) is 25.9 Å². The van der Waals surface area contributed by atoms with E-state index in [2.05, 4.69) is 19.2 Å². The van der Waals surface area contributed by atoms with Crippen LogP contribution in [0.3, 0.4) is 0 Å². The van der Waals surface area contributed by atoms with Crippen LogP contribution in [-0.4, -0.2) is 47.4 Å². The van der Waals surface area contributed by atoms with Gasteiger partial charge in [0, 0.05) is 12.8 Å². The molecule has 1 amide bonds. The Kier molecular flexibility index (Phi) is 68.4. The van der Waals surface area contributed by atoms with Gasteiger partial charge >= 0.3 is 5.97 Å². The molecule has 0 saturated carbocycles. The summed E-state index contributed by atoms with van der Waals surface area (Å²) in [5.74, 6) is -0.00103. The number of carbonyl (C=O) groups excluding carboxylic acids is 2. The summed E-state index contributed by atoms with van der Waals surface area (Å²) in [5, 5.41) is 23.2. The number of esters is 1. The fraction of sp³-hybridized carbons (Fsp3) is 0.973. The first-order valence-corrected chi connectivity index (χ1v) is 36.8. The van der Waals surface area contributed by atoms with Crippen molar-refractivity contribution in [3.05, 3.63) is 0 Å². The van der Waals surface area contributed by atoms with E-state index in [4.69, 9.17) is 4.74 Å². The van der Waals surface area contributed by atoms with E-state index in [1.54, 1.807) is 0 Å². The molecule has 0 aromatic carbocycles. The van der Waals surface area contributed by atoms with Crippen LogP contribution in [0.2, 0.25) is 0 Å². The zero-order valence-electron chi connectivity index (χ0n) is 54.2. The van der Waals surface area contributed by atoms with Crippen molar-refractivity contribution in [1.29, 1.82) is 0 Å². The molecular formula is C73H145NO5. The van der Waals surface area contributed by atoms with Crippen molar-refractivity contribution in [2.75, 3.05) is 13.2 Å². The Hall–Kier alpha value is -1.14. The number of nitrogens with one attached hydrogen (secondary N) is 1. The van der Waals surface area contributed by atoms with Gasteiger partial charge in [0.05, 0.1) is 25.4 Å². The molecule has 0 bridgehead atoms. The van der Waals surface area contributed by atoms with E-state index < -0.39 is 12.1 Å². The zero-order valence-corrected chi connectivity index (χ0v) is 54.2. The number of hydrogen-bond donors (Lipinski definition) is 3. The van der Waals surface area contributed by atoms with Gasteiger partial charge < -0.3 is 20.3 Å². The second-order valence-electron chi connectivity index (χ2n) is 25.6. The fourth-order valence-electron chi connectivity index (χ4n) is 12.1. The first-order valence-electron chi connectivity index (χ1n) is 36.8. The molecule has 0 spiro atoms. The second-order valence-corrected chi connectivity index (χ2v) is 25.6. The maximum absolute atomic E-state index is 12.5. The monoisotopic (exact) mass is 1120 g/mol. The third kappa shape index (κ3) is 65.9. The summed E-state index contributed by atoms with van der Waals surface area (Å²) in [6.45, 7) is 4.99. The van der Waals surface area contributed by atoms with Gasteiger partial charge in [-0.25, -0.2) is 0 Å². The molecule has 6 nitrogen and oxygen atoms in total. The Morgan fingerprint density at radius 3 is 0.772 bits per heavy atom. The Bertz CT molecular complexity index is 1150. The van der Waals surface area contributed by atoms with Crippen molar-refractivity contribution in [1.82, 2.24) is 5.32 Å². The zero-order chi connectivity index (χ0) is 57.1. The number of aliphatic hydroxyl groups excluding tert-OH is 2. The molecule has 79 heavy (non-hydrogen) atoms. The lowest BCUT2D eigenvalue weighted by molar-refractivity contribution is -0.143. The molecule has 0 aromatic heterocycles. The van der Waals surface area contributed by atoms with Crippen LogP contribution in [0.5, 0.6) is 0 Å². The van der Waals surface area contributed by atoms with E-state index in [1.807, 2.05) is 0 Å². The maximum Gasteiger partial charge on any atom is 0.305 e. The SMILES string of the molecule is CCCCCCCCCCCCCCCCCCCCC(=O)OCCCCCCCCCCCCCCCCCCCCCCCCCCCCCCCCCCCC(=O)NC(CO)C(O)CCCCCCCCCCCCC. The molecule has 0 radical (unpaired) electrons. The molecule has 0 aliphatic carbocycles. The summed E-state index contributed by atoms with van der Waals surface area (Å²) in [5.41, 5.74) is 0. The lowest BCUT2D eigenvalue weighted by Gasteiger charge is -2.22. The van der Waals surface area contributed by atoms with E-state index in [-0.39, 0.29) is 18.5 Å². The number of aliphatic hydroxyl groups is 2. The van der Waals surface area contributed by atoms with Crippen LogP contribution in [-0.2, 0) is 14.3 Å². The smallest absolute Gasteiger partial charge is 0.305 e. The molecule has 0 heterocycles. The third-order valence-corrected chi connectivity index (χ3v) is 17.7. The number of rotatable bonds is 70. The summed E-state index contributed by atoms with van der Waals surface area (Å²) < 4.78 is 5.52. The fourth-order valence-corrected chi connectivity index (χ4v) is 12.1. The molecule has 0 saturated heterocycles. The van der Waals surface area contributed by atoms with E-state index in [0.717, 1.165) is 38.5 Å². The molecule has 2 atom stereocenters. The average molecular weight is 1120 g/mol. The molecule has 472 valence electrons. The van der Waals surface area contributed by atoms with Crippen molar-refractivity contribution in [3.8, 4) is 0 Å². The maximum atomic E-state index is 12.5. The number of amides is 1. The molecule has 0 aliphatic rings. The Balaban J connectivity index is 3.27. The number of unbranched alkanes of at least 4 members (excludes halogenated alkanes) is 59. The highest BCUT2D eigenvalue weighted by Gasteiger charge is 2.20. The minimum Gasteiger partial charge on any atom is -0.466 e. The highest BCUT2D eigenvalue weighted by Crippen LogP contribution is 2.20. The number of ether oxygens (including phenoxy) is 1. The Morgan fingerprint density at radius 1 is 0.304 bits per heavy atom. The number of hydrogen-bond acceptors (Lipinski definition) is 5. The predicted octanol–water partition coefficient (Wildman–Crippen LogP) is 23.8. The minimum absolute atomic E-state index is 0.0273. The van der Waals surface area contributed by atoms with Gasteiger partial charge in [-0.05, 0) is 25.7 Å². The van der Waals surface area contributed by atoms with Crippen LogP contribution >= 0.6 is 0 Å². The molecule has 3 N–H and O–H groups in total. The van der Waals surface area contributed by atoms with Gasteiger partial charge in [-0.3, -0.25) is 9.59 Å². The molecule has 2 unspecified atom stereocenters. The lowest BCUT2D eigenvalue weighted by Crippen LogP contribution is -2.45. The molecule has 0 rings (SSSR count). The van der Waals surface area contributed by atoms with Crippen molar-refractivity contribution >= 4 is 11.9 Å². The van der Waals surface area contributed by atoms with E-state index in [1.165, 1.54) is 360 Å². The summed E-state index contributed by atoms with van der Waals surface area (Å²) in [6, 6.07) is -0.535. The van der Waals surface area contributed by atoms with Crippen molar-refractivity contribution < 1.29 is 24.5 Å². The van der Waals surface area contributed by atoms with Crippen LogP contribution in [0.25, 0.3) is 0 Å².